The number of rotatable bonds is 8. The summed E-state index contributed by atoms with van der Waals surface area (Å²) in [5, 5.41) is 0. The third-order valence-electron chi connectivity index (χ3n) is 2.56. The van der Waals surface area contributed by atoms with E-state index in [0.717, 1.165) is 5.56 Å². The molecule has 112 valence electrons. The first-order chi connectivity index (χ1) is 9.67. The topological polar surface area (TPSA) is 54.0 Å². The highest BCUT2D eigenvalue weighted by Crippen LogP contribution is 2.19. The van der Waals surface area contributed by atoms with E-state index in [4.69, 9.17) is 18.9 Å². The molecule has 5 heteroatoms. The molecule has 0 aliphatic rings. The maximum absolute atomic E-state index is 11.5. The van der Waals surface area contributed by atoms with E-state index in [-0.39, 0.29) is 19.5 Å². The number of hydrogen-bond donors (Lipinski definition) is 0. The Morgan fingerprint density at radius 1 is 1.10 bits per heavy atom. The fourth-order valence-corrected chi connectivity index (χ4v) is 1.64. The van der Waals surface area contributed by atoms with Gasteiger partial charge in [-0.2, -0.15) is 0 Å². The van der Waals surface area contributed by atoms with Crippen LogP contribution in [0.15, 0.2) is 30.3 Å². The van der Waals surface area contributed by atoms with Gasteiger partial charge >= 0.3 is 6.16 Å². The molecule has 1 aromatic carbocycles. The molecule has 5 nitrogen and oxygen atoms in total. The van der Waals surface area contributed by atoms with Gasteiger partial charge < -0.3 is 18.9 Å². The zero-order valence-electron chi connectivity index (χ0n) is 12.2. The molecule has 0 bridgehead atoms. The molecule has 1 rings (SSSR count). The Morgan fingerprint density at radius 3 is 2.40 bits per heavy atom. The van der Waals surface area contributed by atoms with Crippen LogP contribution < -0.4 is 0 Å². The molecule has 20 heavy (non-hydrogen) atoms. The highest BCUT2D eigenvalue weighted by atomic mass is 16.7. The minimum Gasteiger partial charge on any atom is -0.435 e. The number of benzene rings is 1. The van der Waals surface area contributed by atoms with Gasteiger partial charge in [0.15, 0.2) is 12.4 Å². The maximum Gasteiger partial charge on any atom is 0.508 e. The second-order valence-corrected chi connectivity index (χ2v) is 4.06. The summed E-state index contributed by atoms with van der Waals surface area (Å²) in [5.41, 5.74) is 0.851. The van der Waals surface area contributed by atoms with Gasteiger partial charge in [-0.15, -0.1) is 0 Å². The van der Waals surface area contributed by atoms with Crippen molar-refractivity contribution in [2.24, 2.45) is 0 Å². The van der Waals surface area contributed by atoms with Gasteiger partial charge in [0.05, 0.1) is 13.2 Å². The first-order valence-corrected chi connectivity index (χ1v) is 6.78. The number of carbonyl (C=O) groups is 1. The molecule has 2 unspecified atom stereocenters. The summed E-state index contributed by atoms with van der Waals surface area (Å²) in [6.07, 6.45) is -1.57. The highest BCUT2D eigenvalue weighted by molar-refractivity contribution is 5.60. The molecule has 0 aromatic heterocycles. The van der Waals surface area contributed by atoms with Gasteiger partial charge in [0.1, 0.15) is 0 Å². The Hall–Kier alpha value is -1.59. The Balaban J connectivity index is 2.62. The predicted octanol–water partition coefficient (Wildman–Crippen LogP) is 3.30. The van der Waals surface area contributed by atoms with Crippen molar-refractivity contribution < 1.29 is 23.7 Å². The van der Waals surface area contributed by atoms with E-state index in [9.17, 15) is 4.79 Å². The first kappa shape index (κ1) is 16.5. The lowest BCUT2D eigenvalue weighted by Gasteiger charge is -2.20. The van der Waals surface area contributed by atoms with Crippen molar-refractivity contribution in [3.63, 3.8) is 0 Å². The highest BCUT2D eigenvalue weighted by Gasteiger charge is 2.19. The minimum atomic E-state index is -0.700. The summed E-state index contributed by atoms with van der Waals surface area (Å²) < 4.78 is 20.9. The molecule has 0 amide bonds. The van der Waals surface area contributed by atoms with E-state index < -0.39 is 12.3 Å². The quantitative estimate of drug-likeness (QED) is 0.541. The molecule has 0 fully saturated rings. The van der Waals surface area contributed by atoms with Crippen LogP contribution in [0.3, 0.4) is 0 Å². The summed E-state index contributed by atoms with van der Waals surface area (Å²) in [5.74, 6) is 0. The average molecular weight is 282 g/mol. The van der Waals surface area contributed by atoms with Crippen LogP contribution in [0.4, 0.5) is 4.79 Å². The van der Waals surface area contributed by atoms with Crippen LogP contribution in [0, 0.1) is 0 Å². The van der Waals surface area contributed by atoms with Crippen molar-refractivity contribution in [3.8, 4) is 0 Å². The van der Waals surface area contributed by atoms with E-state index in [1.54, 1.807) is 13.8 Å². The van der Waals surface area contributed by atoms with Crippen LogP contribution >= 0.6 is 0 Å². The Morgan fingerprint density at radius 2 is 1.80 bits per heavy atom. The van der Waals surface area contributed by atoms with Gasteiger partial charge in [0.25, 0.3) is 0 Å². The van der Waals surface area contributed by atoms with Gasteiger partial charge in [0, 0.05) is 6.61 Å². The molecule has 0 radical (unpaired) electrons. The molecule has 1 aromatic rings. The van der Waals surface area contributed by atoms with Crippen molar-refractivity contribution >= 4 is 6.16 Å². The molecule has 0 saturated heterocycles. The van der Waals surface area contributed by atoms with Crippen molar-refractivity contribution in [2.75, 3.05) is 19.8 Å². The monoisotopic (exact) mass is 282 g/mol. The van der Waals surface area contributed by atoms with Gasteiger partial charge in [0.2, 0.25) is 0 Å². The van der Waals surface area contributed by atoms with E-state index >= 15 is 0 Å². The van der Waals surface area contributed by atoms with Crippen LogP contribution in [0.5, 0.6) is 0 Å². The van der Waals surface area contributed by atoms with E-state index in [0.29, 0.717) is 6.61 Å². The van der Waals surface area contributed by atoms with Crippen molar-refractivity contribution in [2.45, 2.75) is 33.2 Å². The summed E-state index contributed by atoms with van der Waals surface area (Å²) in [7, 11) is 0. The molecular weight excluding hydrogens is 260 g/mol. The van der Waals surface area contributed by atoms with Gasteiger partial charge in [-0.05, 0) is 26.3 Å². The van der Waals surface area contributed by atoms with Gasteiger partial charge in [-0.1, -0.05) is 30.3 Å². The number of hydrogen-bond acceptors (Lipinski definition) is 5. The van der Waals surface area contributed by atoms with Crippen LogP contribution in [0.25, 0.3) is 0 Å². The fraction of sp³-hybridized carbons (Fsp3) is 0.533. The van der Waals surface area contributed by atoms with E-state index in [1.165, 1.54) is 0 Å². The summed E-state index contributed by atoms with van der Waals surface area (Å²) in [4.78, 5) is 11.5. The fourth-order valence-electron chi connectivity index (χ4n) is 1.64. The largest absolute Gasteiger partial charge is 0.508 e. The molecule has 0 aliphatic heterocycles. The summed E-state index contributed by atoms with van der Waals surface area (Å²) >= 11 is 0. The second kappa shape index (κ2) is 9.34. The molecule has 0 aliphatic carbocycles. The molecule has 0 saturated carbocycles. The lowest BCUT2D eigenvalue weighted by atomic mass is 10.1. The van der Waals surface area contributed by atoms with Crippen LogP contribution in [0.1, 0.15) is 32.4 Å². The zero-order chi connectivity index (χ0) is 14.8. The zero-order valence-corrected chi connectivity index (χ0v) is 12.2. The SMILES string of the molecule is CCOC(=O)OC(COC(C)OCC)c1ccccc1. The summed E-state index contributed by atoms with van der Waals surface area (Å²) in [6, 6.07) is 9.40. The Kier molecular flexibility index (Phi) is 7.69. The third-order valence-corrected chi connectivity index (χ3v) is 2.56. The molecule has 2 atom stereocenters. The van der Waals surface area contributed by atoms with Gasteiger partial charge in [-0.25, -0.2) is 4.79 Å². The molecular formula is C15H22O5. The van der Waals surface area contributed by atoms with Crippen molar-refractivity contribution in [1.29, 1.82) is 0 Å². The first-order valence-electron chi connectivity index (χ1n) is 6.78. The van der Waals surface area contributed by atoms with Crippen LogP contribution in [-0.4, -0.2) is 32.3 Å². The van der Waals surface area contributed by atoms with Crippen molar-refractivity contribution in [1.82, 2.24) is 0 Å². The average Bonchev–Trinajstić information content (AvgIpc) is 2.45. The number of carbonyl (C=O) groups excluding carboxylic acids is 1. The predicted molar refractivity (Wildman–Crippen MR) is 74.3 cm³/mol. The van der Waals surface area contributed by atoms with Crippen LogP contribution in [0.2, 0.25) is 0 Å². The van der Waals surface area contributed by atoms with Crippen molar-refractivity contribution in [3.05, 3.63) is 35.9 Å². The summed E-state index contributed by atoms with van der Waals surface area (Å²) in [6.45, 7) is 6.47. The van der Waals surface area contributed by atoms with Crippen LogP contribution in [-0.2, 0) is 18.9 Å². The molecule has 0 heterocycles. The smallest absolute Gasteiger partial charge is 0.435 e. The Bertz CT molecular complexity index is 379. The maximum atomic E-state index is 11.5. The minimum absolute atomic E-state index is 0.212. The van der Waals surface area contributed by atoms with E-state index in [1.807, 2.05) is 37.3 Å². The Labute approximate surface area is 119 Å². The lowest BCUT2D eigenvalue weighted by Crippen LogP contribution is -2.21. The molecule has 0 N–H and O–H groups in total. The van der Waals surface area contributed by atoms with E-state index in [2.05, 4.69) is 0 Å². The normalized spacial score (nSPS) is 13.6. The number of ether oxygens (including phenoxy) is 4. The second-order valence-electron chi connectivity index (χ2n) is 4.06. The lowest BCUT2D eigenvalue weighted by molar-refractivity contribution is -0.147. The third kappa shape index (κ3) is 6.04. The molecule has 0 spiro atoms. The van der Waals surface area contributed by atoms with Gasteiger partial charge in [-0.3, -0.25) is 0 Å². The standard InChI is InChI=1S/C15H22O5/c1-4-17-12(3)19-11-14(20-15(16)18-5-2)13-9-7-6-8-10-13/h6-10,12,14H,4-5,11H2,1-3H3.